The van der Waals surface area contributed by atoms with Crippen LogP contribution < -0.4 is 0 Å². The minimum Gasteiger partial charge on any atom is -0.480 e. The van der Waals surface area contributed by atoms with E-state index in [1.807, 2.05) is 0 Å². The van der Waals surface area contributed by atoms with Crippen LogP contribution in [0.25, 0.3) is 0 Å². The molecule has 2 unspecified atom stereocenters. The predicted molar refractivity (Wildman–Crippen MR) is 66.9 cm³/mol. The number of hydrogen-bond donors (Lipinski definition) is 1. The van der Waals surface area contributed by atoms with Crippen molar-refractivity contribution in [3.8, 4) is 0 Å². The fourth-order valence-electron chi connectivity index (χ4n) is 2.84. The fraction of sp³-hybridized carbons (Fsp3) is 0.818. The van der Waals surface area contributed by atoms with Gasteiger partial charge < -0.3 is 10.0 Å². The first-order valence-corrected chi connectivity index (χ1v) is 7.83. The van der Waals surface area contributed by atoms with Crippen molar-refractivity contribution in [3.63, 3.8) is 0 Å². The van der Waals surface area contributed by atoms with E-state index in [0.29, 0.717) is 6.54 Å². The normalized spacial score (nSPS) is 30.7. The van der Waals surface area contributed by atoms with Gasteiger partial charge in [0.05, 0.1) is 0 Å². The van der Waals surface area contributed by atoms with Crippen molar-refractivity contribution in [3.05, 3.63) is 0 Å². The molecule has 0 aliphatic carbocycles. The number of likely N-dealkylation sites (tertiary alicyclic amines) is 1. The summed E-state index contributed by atoms with van der Waals surface area (Å²) in [5, 5.41) is 7.56. The Morgan fingerprint density at radius 1 is 1.26 bits per heavy atom. The monoisotopic (exact) mass is 290 g/mol. The van der Waals surface area contributed by atoms with E-state index in [1.165, 1.54) is 11.2 Å². The molecule has 2 aliphatic heterocycles. The Balaban J connectivity index is 2.08. The number of carbonyl (C=O) groups excluding carboxylic acids is 1. The van der Waals surface area contributed by atoms with Crippen LogP contribution in [0.1, 0.15) is 26.2 Å². The van der Waals surface area contributed by atoms with E-state index in [-0.39, 0.29) is 31.5 Å². The molecule has 2 fully saturated rings. The quantitative estimate of drug-likeness (QED) is 0.755. The Labute approximate surface area is 112 Å². The van der Waals surface area contributed by atoms with Gasteiger partial charge in [-0.3, -0.25) is 9.59 Å². The highest BCUT2D eigenvalue weighted by Gasteiger charge is 2.45. The molecule has 0 aromatic heterocycles. The Morgan fingerprint density at radius 2 is 1.95 bits per heavy atom. The molecule has 19 heavy (non-hydrogen) atoms. The van der Waals surface area contributed by atoms with Gasteiger partial charge in [0.2, 0.25) is 15.9 Å². The van der Waals surface area contributed by atoms with Crippen molar-refractivity contribution in [2.24, 2.45) is 0 Å². The largest absolute Gasteiger partial charge is 0.480 e. The standard InChI is InChI=1S/C11H18N2O5S/c1-8(14)13-5-2-3-9(13)7-12-6-4-10(11(15)16)19(12,17)18/h9-10H,2-7H2,1H3,(H,15,16). The van der Waals surface area contributed by atoms with Crippen molar-refractivity contribution >= 4 is 21.9 Å². The Hall–Kier alpha value is -1.15. The second-order valence-corrected chi connectivity index (χ2v) is 7.14. The van der Waals surface area contributed by atoms with Gasteiger partial charge in [0.25, 0.3) is 0 Å². The van der Waals surface area contributed by atoms with Crippen molar-refractivity contribution in [2.45, 2.75) is 37.5 Å². The van der Waals surface area contributed by atoms with Crippen molar-refractivity contribution in [1.29, 1.82) is 0 Å². The maximum Gasteiger partial charge on any atom is 0.323 e. The van der Waals surface area contributed by atoms with Gasteiger partial charge in [-0.25, -0.2) is 8.42 Å². The van der Waals surface area contributed by atoms with E-state index >= 15 is 0 Å². The zero-order valence-corrected chi connectivity index (χ0v) is 11.6. The molecule has 2 saturated heterocycles. The lowest BCUT2D eigenvalue weighted by Gasteiger charge is -2.27. The highest BCUT2D eigenvalue weighted by molar-refractivity contribution is 7.90. The van der Waals surface area contributed by atoms with Crippen LogP contribution in [0.3, 0.4) is 0 Å². The summed E-state index contributed by atoms with van der Waals surface area (Å²) in [5.41, 5.74) is 0. The van der Waals surface area contributed by atoms with Crippen LogP contribution in [0.2, 0.25) is 0 Å². The van der Waals surface area contributed by atoms with Crippen LogP contribution in [-0.4, -0.2) is 65.5 Å². The molecule has 1 N–H and O–H groups in total. The lowest BCUT2D eigenvalue weighted by Crippen LogP contribution is -2.44. The molecule has 0 aromatic carbocycles. The number of rotatable bonds is 3. The summed E-state index contributed by atoms with van der Waals surface area (Å²) < 4.78 is 25.3. The SMILES string of the molecule is CC(=O)N1CCCC1CN1CCC(C(=O)O)S1(=O)=O. The van der Waals surface area contributed by atoms with Crippen LogP contribution in [-0.2, 0) is 19.6 Å². The second kappa shape index (κ2) is 5.09. The van der Waals surface area contributed by atoms with Crippen LogP contribution in [0, 0.1) is 0 Å². The van der Waals surface area contributed by atoms with Crippen molar-refractivity contribution in [1.82, 2.24) is 9.21 Å². The zero-order valence-electron chi connectivity index (χ0n) is 10.8. The summed E-state index contributed by atoms with van der Waals surface area (Å²) in [6.07, 6.45) is 1.74. The molecule has 0 radical (unpaired) electrons. The number of aliphatic carboxylic acids is 1. The van der Waals surface area contributed by atoms with Crippen LogP contribution in [0.5, 0.6) is 0 Å². The van der Waals surface area contributed by atoms with Crippen molar-refractivity contribution < 1.29 is 23.1 Å². The topological polar surface area (TPSA) is 95.0 Å². The first-order chi connectivity index (χ1) is 8.84. The summed E-state index contributed by atoms with van der Waals surface area (Å²) in [5.74, 6) is -1.36. The Kier molecular flexibility index (Phi) is 3.82. The van der Waals surface area contributed by atoms with E-state index in [4.69, 9.17) is 5.11 Å². The summed E-state index contributed by atoms with van der Waals surface area (Å²) in [4.78, 5) is 24.0. The lowest BCUT2D eigenvalue weighted by atomic mass is 10.2. The van der Waals surface area contributed by atoms with Gasteiger partial charge in [-0.1, -0.05) is 0 Å². The molecular weight excluding hydrogens is 272 g/mol. The van der Waals surface area contributed by atoms with Gasteiger partial charge in [0.1, 0.15) is 0 Å². The summed E-state index contributed by atoms with van der Waals surface area (Å²) in [6, 6.07) is -0.125. The summed E-state index contributed by atoms with van der Waals surface area (Å²) in [7, 11) is -3.77. The number of sulfonamides is 1. The third-order valence-electron chi connectivity index (χ3n) is 3.83. The van der Waals surface area contributed by atoms with Gasteiger partial charge in [-0.2, -0.15) is 4.31 Å². The average Bonchev–Trinajstić information content (AvgIpc) is 2.84. The minimum atomic E-state index is -3.77. The van der Waals surface area contributed by atoms with E-state index in [1.54, 1.807) is 4.90 Å². The van der Waals surface area contributed by atoms with E-state index in [2.05, 4.69) is 0 Å². The number of carbonyl (C=O) groups is 2. The highest BCUT2D eigenvalue weighted by atomic mass is 32.2. The third kappa shape index (κ3) is 2.59. The predicted octanol–water partition coefficient (Wildman–Crippen LogP) is -0.514. The number of carboxylic acid groups (broad SMARTS) is 1. The second-order valence-electron chi connectivity index (χ2n) is 5.03. The molecule has 0 aromatic rings. The van der Waals surface area contributed by atoms with Crippen LogP contribution in [0.15, 0.2) is 0 Å². The molecule has 8 heteroatoms. The molecule has 7 nitrogen and oxygen atoms in total. The van der Waals surface area contributed by atoms with Gasteiger partial charge in [-0.15, -0.1) is 0 Å². The number of carboxylic acids is 1. The van der Waals surface area contributed by atoms with Gasteiger partial charge in [0, 0.05) is 32.6 Å². The average molecular weight is 290 g/mol. The van der Waals surface area contributed by atoms with E-state index < -0.39 is 21.2 Å². The summed E-state index contributed by atoms with van der Waals surface area (Å²) in [6.45, 7) is 2.56. The first-order valence-electron chi connectivity index (χ1n) is 6.33. The third-order valence-corrected chi connectivity index (χ3v) is 6.04. The molecule has 2 aliphatic rings. The molecule has 2 heterocycles. The summed E-state index contributed by atoms with van der Waals surface area (Å²) >= 11 is 0. The Bertz CT molecular complexity index is 489. The molecule has 0 saturated carbocycles. The smallest absolute Gasteiger partial charge is 0.323 e. The van der Waals surface area contributed by atoms with Crippen LogP contribution in [0.4, 0.5) is 0 Å². The number of amides is 1. The van der Waals surface area contributed by atoms with E-state index in [9.17, 15) is 18.0 Å². The highest BCUT2D eigenvalue weighted by Crippen LogP contribution is 2.26. The fourth-order valence-corrected chi connectivity index (χ4v) is 4.60. The van der Waals surface area contributed by atoms with Gasteiger partial charge in [-0.05, 0) is 19.3 Å². The van der Waals surface area contributed by atoms with Gasteiger partial charge in [0.15, 0.2) is 5.25 Å². The number of nitrogens with zero attached hydrogens (tertiary/aromatic N) is 2. The molecule has 0 bridgehead atoms. The van der Waals surface area contributed by atoms with Gasteiger partial charge >= 0.3 is 5.97 Å². The molecule has 108 valence electrons. The minimum absolute atomic E-state index is 0.0612. The first kappa shape index (κ1) is 14.3. The molecule has 0 spiro atoms. The molecular formula is C11H18N2O5S. The molecule has 2 rings (SSSR count). The number of hydrogen-bond acceptors (Lipinski definition) is 4. The maximum absolute atomic E-state index is 12.0. The van der Waals surface area contributed by atoms with Crippen molar-refractivity contribution in [2.75, 3.05) is 19.6 Å². The maximum atomic E-state index is 12.0. The molecule has 1 amide bonds. The molecule has 2 atom stereocenters. The lowest BCUT2D eigenvalue weighted by molar-refractivity contribution is -0.136. The Morgan fingerprint density at radius 3 is 2.47 bits per heavy atom. The zero-order chi connectivity index (χ0) is 14.2. The van der Waals surface area contributed by atoms with Crippen LogP contribution >= 0.6 is 0 Å². The van der Waals surface area contributed by atoms with E-state index in [0.717, 1.165) is 12.8 Å².